The number of aromatic amines is 1. The van der Waals surface area contributed by atoms with Gasteiger partial charge in [-0.1, -0.05) is 43.3 Å². The second kappa shape index (κ2) is 8.56. The van der Waals surface area contributed by atoms with E-state index in [1.807, 2.05) is 42.6 Å². The Hall–Kier alpha value is -3.67. The number of rotatable bonds is 7. The first-order valence-corrected chi connectivity index (χ1v) is 9.74. The highest BCUT2D eigenvalue weighted by atomic mass is 16.1. The van der Waals surface area contributed by atoms with Crippen LogP contribution in [0.2, 0.25) is 0 Å². The summed E-state index contributed by atoms with van der Waals surface area (Å²) in [6, 6.07) is 17.7. The van der Waals surface area contributed by atoms with Crippen molar-refractivity contribution in [1.82, 2.24) is 15.0 Å². The van der Waals surface area contributed by atoms with Crippen molar-refractivity contribution in [3.63, 3.8) is 0 Å². The first-order valence-electron chi connectivity index (χ1n) is 9.74. The highest BCUT2D eigenvalue weighted by molar-refractivity contribution is 6.03. The molecule has 2 aromatic heterocycles. The lowest BCUT2D eigenvalue weighted by molar-refractivity contribution is 0.102. The van der Waals surface area contributed by atoms with Crippen molar-refractivity contribution < 1.29 is 4.79 Å². The van der Waals surface area contributed by atoms with E-state index in [4.69, 9.17) is 0 Å². The second-order valence-corrected chi connectivity index (χ2v) is 6.79. The summed E-state index contributed by atoms with van der Waals surface area (Å²) in [5.41, 5.74) is 4.62. The minimum Gasteiger partial charge on any atom is -0.370 e. The molecule has 0 radical (unpaired) electrons. The van der Waals surface area contributed by atoms with Crippen LogP contribution in [0.1, 0.15) is 28.5 Å². The molecule has 4 rings (SSSR count). The van der Waals surface area contributed by atoms with E-state index in [0.717, 1.165) is 29.6 Å². The molecule has 0 saturated heterocycles. The van der Waals surface area contributed by atoms with Crippen LogP contribution in [0.5, 0.6) is 0 Å². The third kappa shape index (κ3) is 4.27. The molecule has 0 aliphatic heterocycles. The fourth-order valence-corrected chi connectivity index (χ4v) is 3.38. The van der Waals surface area contributed by atoms with Crippen LogP contribution in [0.4, 0.5) is 11.5 Å². The second-order valence-electron chi connectivity index (χ2n) is 6.79. The van der Waals surface area contributed by atoms with Gasteiger partial charge in [0.1, 0.15) is 17.8 Å². The fraction of sp³-hybridized carbons (Fsp3) is 0.174. The van der Waals surface area contributed by atoms with Gasteiger partial charge in [0.15, 0.2) is 0 Å². The molecule has 3 N–H and O–H groups in total. The predicted molar refractivity (Wildman–Crippen MR) is 116 cm³/mol. The Morgan fingerprint density at radius 1 is 1.03 bits per heavy atom. The van der Waals surface area contributed by atoms with E-state index >= 15 is 0 Å². The number of amides is 1. The minimum absolute atomic E-state index is 0.243. The van der Waals surface area contributed by atoms with Gasteiger partial charge in [-0.05, 0) is 36.1 Å². The Labute approximate surface area is 169 Å². The van der Waals surface area contributed by atoms with Crippen LogP contribution in [-0.2, 0) is 12.8 Å². The Morgan fingerprint density at radius 2 is 1.86 bits per heavy atom. The molecule has 1 amide bonds. The Balaban J connectivity index is 1.40. The molecule has 6 nitrogen and oxygen atoms in total. The van der Waals surface area contributed by atoms with E-state index in [1.165, 1.54) is 17.3 Å². The van der Waals surface area contributed by atoms with Crippen LogP contribution < -0.4 is 10.6 Å². The van der Waals surface area contributed by atoms with Crippen LogP contribution >= 0.6 is 0 Å². The van der Waals surface area contributed by atoms with Gasteiger partial charge in [0.25, 0.3) is 5.91 Å². The maximum atomic E-state index is 12.6. The molecule has 0 aliphatic carbocycles. The molecule has 29 heavy (non-hydrogen) atoms. The number of anilines is 2. The summed E-state index contributed by atoms with van der Waals surface area (Å²) >= 11 is 0. The summed E-state index contributed by atoms with van der Waals surface area (Å²) in [7, 11) is 0. The Bertz CT molecular complexity index is 1130. The number of fused-ring (bicyclic) bond motifs is 1. The number of para-hydroxylation sites is 2. The molecule has 0 unspecified atom stereocenters. The largest absolute Gasteiger partial charge is 0.370 e. The molecule has 0 spiro atoms. The highest BCUT2D eigenvalue weighted by Crippen LogP contribution is 2.19. The summed E-state index contributed by atoms with van der Waals surface area (Å²) in [6.45, 7) is 2.77. The number of aromatic nitrogens is 3. The smallest absolute Gasteiger partial charge is 0.274 e. The molecule has 0 saturated carbocycles. The third-order valence-electron chi connectivity index (χ3n) is 4.92. The fourth-order valence-electron chi connectivity index (χ4n) is 3.38. The number of carbonyl (C=O) groups excluding carboxylic acids is 1. The van der Waals surface area contributed by atoms with E-state index in [9.17, 15) is 4.79 Å². The molecule has 6 heteroatoms. The van der Waals surface area contributed by atoms with E-state index in [2.05, 4.69) is 44.6 Å². The number of aryl methyl sites for hydroxylation is 1. The molecule has 2 heterocycles. The van der Waals surface area contributed by atoms with Gasteiger partial charge in [0.2, 0.25) is 0 Å². The van der Waals surface area contributed by atoms with Gasteiger partial charge in [-0.3, -0.25) is 4.79 Å². The van der Waals surface area contributed by atoms with Crippen molar-refractivity contribution in [2.24, 2.45) is 0 Å². The lowest BCUT2D eigenvalue weighted by Gasteiger charge is -2.10. The summed E-state index contributed by atoms with van der Waals surface area (Å²) < 4.78 is 0. The normalized spacial score (nSPS) is 10.8. The number of hydrogen-bond donors (Lipinski definition) is 3. The summed E-state index contributed by atoms with van der Waals surface area (Å²) in [5, 5.41) is 7.46. The SMILES string of the molecule is CCc1ccccc1NC(=O)c1cc(NCCc2c[nH]c3ccccc23)ncn1. The first kappa shape index (κ1) is 18.7. The third-order valence-corrected chi connectivity index (χ3v) is 4.92. The zero-order valence-electron chi connectivity index (χ0n) is 16.3. The summed E-state index contributed by atoms with van der Waals surface area (Å²) in [4.78, 5) is 24.3. The molecule has 0 bridgehead atoms. The Kier molecular flexibility index (Phi) is 5.52. The van der Waals surface area contributed by atoms with Crippen LogP contribution in [0.25, 0.3) is 10.9 Å². The monoisotopic (exact) mass is 385 g/mol. The Morgan fingerprint density at radius 3 is 2.76 bits per heavy atom. The van der Waals surface area contributed by atoms with Gasteiger partial charge in [0.05, 0.1) is 0 Å². The molecule has 0 atom stereocenters. The van der Waals surface area contributed by atoms with Crippen LogP contribution in [-0.4, -0.2) is 27.4 Å². The average Bonchev–Trinajstić information content (AvgIpc) is 3.17. The van der Waals surface area contributed by atoms with Crippen molar-refractivity contribution >= 4 is 28.3 Å². The molecule has 0 fully saturated rings. The van der Waals surface area contributed by atoms with Gasteiger partial charge in [-0.2, -0.15) is 0 Å². The molecular formula is C23H23N5O. The van der Waals surface area contributed by atoms with E-state index in [-0.39, 0.29) is 5.91 Å². The van der Waals surface area contributed by atoms with Gasteiger partial charge in [-0.25, -0.2) is 9.97 Å². The number of benzene rings is 2. The number of nitrogens with zero attached hydrogens (tertiary/aromatic N) is 2. The number of H-pyrrole nitrogens is 1. The molecule has 4 aromatic rings. The molecular weight excluding hydrogens is 362 g/mol. The maximum Gasteiger partial charge on any atom is 0.274 e. The van der Waals surface area contributed by atoms with Crippen molar-refractivity contribution in [3.8, 4) is 0 Å². The topological polar surface area (TPSA) is 82.7 Å². The van der Waals surface area contributed by atoms with Crippen LogP contribution in [0.15, 0.2) is 67.1 Å². The van der Waals surface area contributed by atoms with Crippen molar-refractivity contribution in [3.05, 3.63) is 83.9 Å². The van der Waals surface area contributed by atoms with Crippen molar-refractivity contribution in [2.75, 3.05) is 17.2 Å². The van der Waals surface area contributed by atoms with Gasteiger partial charge >= 0.3 is 0 Å². The van der Waals surface area contributed by atoms with Gasteiger partial charge in [0, 0.05) is 35.4 Å². The number of nitrogens with one attached hydrogen (secondary N) is 3. The van der Waals surface area contributed by atoms with Crippen LogP contribution in [0.3, 0.4) is 0 Å². The van der Waals surface area contributed by atoms with Crippen molar-refractivity contribution in [1.29, 1.82) is 0 Å². The summed E-state index contributed by atoms with van der Waals surface area (Å²) in [5.74, 6) is 0.391. The zero-order chi connectivity index (χ0) is 20.1. The maximum absolute atomic E-state index is 12.6. The quantitative estimate of drug-likeness (QED) is 0.440. The molecule has 2 aromatic carbocycles. The van der Waals surface area contributed by atoms with E-state index in [1.54, 1.807) is 6.07 Å². The number of hydrogen-bond acceptors (Lipinski definition) is 4. The number of carbonyl (C=O) groups is 1. The minimum atomic E-state index is -0.243. The van der Waals surface area contributed by atoms with E-state index < -0.39 is 0 Å². The zero-order valence-corrected chi connectivity index (χ0v) is 16.3. The standard InChI is InChI=1S/C23H23N5O/c1-2-16-7-3-5-9-19(16)28-23(29)21-13-22(27-15-26-21)24-12-11-17-14-25-20-10-6-4-8-18(17)20/h3-10,13-15,25H,2,11-12H2,1H3,(H,28,29)(H,24,26,27). The van der Waals surface area contributed by atoms with Gasteiger partial charge in [-0.15, -0.1) is 0 Å². The molecule has 146 valence electrons. The predicted octanol–water partition coefficient (Wildman–Crippen LogP) is 4.43. The lowest BCUT2D eigenvalue weighted by Crippen LogP contribution is -2.16. The average molecular weight is 385 g/mol. The highest BCUT2D eigenvalue weighted by Gasteiger charge is 2.11. The molecule has 0 aliphatic rings. The van der Waals surface area contributed by atoms with Crippen LogP contribution in [0, 0.1) is 0 Å². The summed E-state index contributed by atoms with van der Waals surface area (Å²) in [6.07, 6.45) is 5.14. The van der Waals surface area contributed by atoms with Gasteiger partial charge < -0.3 is 15.6 Å². The first-order chi connectivity index (χ1) is 14.2. The lowest BCUT2D eigenvalue weighted by atomic mass is 10.1. The van der Waals surface area contributed by atoms with Crippen molar-refractivity contribution in [2.45, 2.75) is 19.8 Å². The van der Waals surface area contributed by atoms with E-state index in [0.29, 0.717) is 18.1 Å².